The van der Waals surface area contributed by atoms with Gasteiger partial charge in [-0.1, -0.05) is 12.8 Å². The van der Waals surface area contributed by atoms with Crippen molar-refractivity contribution in [3.63, 3.8) is 0 Å². The van der Waals surface area contributed by atoms with Gasteiger partial charge in [0.1, 0.15) is 22.7 Å². The number of rotatable bonds is 14. The first-order valence-corrected chi connectivity index (χ1v) is 17.7. The Morgan fingerprint density at radius 3 is 2.54 bits per heavy atom. The molecule has 1 saturated carbocycles. The lowest BCUT2D eigenvalue weighted by Gasteiger charge is -2.40. The number of halogens is 3. The zero-order valence-electron chi connectivity index (χ0n) is 30.0. The Balaban J connectivity index is 1.33. The molecule has 0 spiro atoms. The van der Waals surface area contributed by atoms with Crippen molar-refractivity contribution in [1.82, 2.24) is 34.8 Å². The smallest absolute Gasteiger partial charge is 0.433 e. The number of carboxylic acids is 1. The van der Waals surface area contributed by atoms with Crippen molar-refractivity contribution in [2.24, 2.45) is 5.41 Å². The van der Waals surface area contributed by atoms with Crippen LogP contribution in [0, 0.1) is 5.41 Å². The summed E-state index contributed by atoms with van der Waals surface area (Å²) in [4.78, 5) is 43.5. The summed E-state index contributed by atoms with van der Waals surface area (Å²) in [6.07, 6.45) is 3.69. The Hall–Kier alpha value is -4.57. The molecule has 1 saturated heterocycles. The Bertz CT molecular complexity index is 1850. The van der Waals surface area contributed by atoms with Crippen molar-refractivity contribution in [2.45, 2.75) is 64.6 Å². The zero-order valence-corrected chi connectivity index (χ0v) is 30.0. The summed E-state index contributed by atoms with van der Waals surface area (Å²) >= 11 is 0. The maximum Gasteiger partial charge on any atom is 0.433 e. The van der Waals surface area contributed by atoms with Crippen molar-refractivity contribution in [3.05, 3.63) is 36.3 Å². The van der Waals surface area contributed by atoms with Crippen LogP contribution in [0.25, 0.3) is 33.9 Å². The van der Waals surface area contributed by atoms with E-state index in [-0.39, 0.29) is 35.9 Å². The molecule has 13 nitrogen and oxygen atoms in total. The summed E-state index contributed by atoms with van der Waals surface area (Å²) in [6, 6.07) is 4.39. The third-order valence-corrected chi connectivity index (χ3v) is 9.97. The van der Waals surface area contributed by atoms with Crippen LogP contribution < -0.4 is 14.5 Å². The molecular formula is C36H46F3N9O4. The minimum atomic E-state index is -4.68. The molecule has 280 valence electrons. The third kappa shape index (κ3) is 8.38. The first-order valence-electron chi connectivity index (χ1n) is 17.7. The molecular weight excluding hydrogens is 679 g/mol. The van der Waals surface area contributed by atoms with Crippen molar-refractivity contribution in [1.29, 1.82) is 0 Å². The zero-order chi connectivity index (χ0) is 37.0. The fraction of sp³-hybridized carbons (Fsp3) is 0.556. The van der Waals surface area contributed by atoms with E-state index >= 15 is 0 Å². The minimum Gasteiger partial charge on any atom is -0.481 e. The molecule has 5 heterocycles. The Labute approximate surface area is 300 Å². The fourth-order valence-electron chi connectivity index (χ4n) is 7.55. The summed E-state index contributed by atoms with van der Waals surface area (Å²) in [5.74, 6) is 0.232. The number of aromatic amines is 1. The normalized spacial score (nSPS) is 17.9. The van der Waals surface area contributed by atoms with Crippen LogP contribution in [-0.4, -0.2) is 112 Å². The number of anilines is 2. The second-order valence-electron chi connectivity index (χ2n) is 13.9. The van der Waals surface area contributed by atoms with Crippen LogP contribution in [0.4, 0.5) is 24.7 Å². The number of carboxylic acid groups (broad SMARTS) is 1. The summed E-state index contributed by atoms with van der Waals surface area (Å²) in [5, 5.41) is 8.97. The lowest BCUT2D eigenvalue weighted by atomic mass is 9.86. The number of H-pyrrole nitrogens is 1. The summed E-state index contributed by atoms with van der Waals surface area (Å²) in [6.45, 7) is 8.27. The van der Waals surface area contributed by atoms with E-state index in [0.717, 1.165) is 69.4 Å². The van der Waals surface area contributed by atoms with E-state index in [1.807, 2.05) is 7.05 Å². The van der Waals surface area contributed by atoms with Gasteiger partial charge in [-0.25, -0.2) is 24.9 Å². The molecule has 4 aromatic heterocycles. The first-order chi connectivity index (χ1) is 24.9. The highest BCUT2D eigenvalue weighted by Crippen LogP contribution is 2.41. The van der Waals surface area contributed by atoms with Crippen LogP contribution in [0.3, 0.4) is 0 Å². The molecule has 0 unspecified atom stereocenters. The molecule has 1 atom stereocenters. The number of aromatic nitrogens is 6. The number of piperazine rings is 1. The highest BCUT2D eigenvalue weighted by atomic mass is 19.4. The van der Waals surface area contributed by atoms with Gasteiger partial charge in [0.25, 0.3) is 0 Å². The van der Waals surface area contributed by atoms with E-state index in [2.05, 4.69) is 31.6 Å². The standard InChI is InChI=1S/C36H46F3N9O4/c1-5-52-30-16-24(15-28(43-30)36(37,38)39)25-17-27(46(3)21-35(22-51-4)10-6-7-11-35)32-34(42-25)45-33(44-32)26-18-41-29(19-40-26)48-14-13-47(20-23(48)2)12-8-9-31(49)50/h15-19,23H,5-14,20-22H2,1-4H3,(H,49,50)(H,42,44,45)/t23-/m1/s1. The van der Waals surface area contributed by atoms with Crippen LogP contribution in [0.2, 0.25) is 0 Å². The van der Waals surface area contributed by atoms with Gasteiger partial charge in [0.05, 0.1) is 37.0 Å². The SMILES string of the molecule is CCOc1cc(-c2cc(N(C)CC3(COC)CCCC3)c3[nH]c(-c4cnc(N5CCN(CCCC(=O)O)C[C@H]5C)cn4)nc3n2)cc(C(F)(F)F)n1. The van der Waals surface area contributed by atoms with Gasteiger partial charge in [0.15, 0.2) is 11.5 Å². The lowest BCUT2D eigenvalue weighted by Crippen LogP contribution is -2.52. The molecule has 1 aliphatic heterocycles. The summed E-state index contributed by atoms with van der Waals surface area (Å²) in [7, 11) is 3.68. The van der Waals surface area contributed by atoms with Crippen molar-refractivity contribution >= 4 is 28.6 Å². The number of fused-ring (bicyclic) bond motifs is 1. The number of ether oxygens (including phenoxy) is 2. The van der Waals surface area contributed by atoms with Crippen molar-refractivity contribution in [2.75, 3.05) is 69.9 Å². The highest BCUT2D eigenvalue weighted by Gasteiger charge is 2.36. The molecule has 2 aliphatic rings. The number of hydrogen-bond donors (Lipinski definition) is 2. The average Bonchev–Trinajstić information content (AvgIpc) is 3.75. The van der Waals surface area contributed by atoms with E-state index in [9.17, 15) is 18.0 Å². The number of carbonyl (C=O) groups is 1. The predicted octanol–water partition coefficient (Wildman–Crippen LogP) is 5.91. The van der Waals surface area contributed by atoms with Crippen LogP contribution in [0.1, 0.15) is 58.1 Å². The second kappa shape index (κ2) is 15.6. The molecule has 52 heavy (non-hydrogen) atoms. The minimum absolute atomic E-state index is 0.0627. The monoisotopic (exact) mass is 725 g/mol. The van der Waals surface area contributed by atoms with E-state index in [0.29, 0.717) is 47.9 Å². The molecule has 2 fully saturated rings. The van der Waals surface area contributed by atoms with Crippen LogP contribution in [0.5, 0.6) is 5.88 Å². The number of nitrogens with zero attached hydrogens (tertiary/aromatic N) is 8. The van der Waals surface area contributed by atoms with Crippen molar-refractivity contribution in [3.8, 4) is 28.7 Å². The van der Waals surface area contributed by atoms with E-state index in [1.54, 1.807) is 32.5 Å². The molecule has 0 bridgehead atoms. The molecule has 0 amide bonds. The molecule has 1 aliphatic carbocycles. The maximum absolute atomic E-state index is 13.9. The quantitative estimate of drug-likeness (QED) is 0.159. The third-order valence-electron chi connectivity index (χ3n) is 9.97. The van der Waals surface area contributed by atoms with Gasteiger partial charge >= 0.3 is 12.1 Å². The lowest BCUT2D eigenvalue weighted by molar-refractivity contribution is -0.141. The van der Waals surface area contributed by atoms with Gasteiger partial charge in [-0.05, 0) is 51.8 Å². The number of imidazole rings is 1. The highest BCUT2D eigenvalue weighted by molar-refractivity contribution is 5.91. The van der Waals surface area contributed by atoms with Gasteiger partial charge in [0, 0.05) is 69.8 Å². The fourth-order valence-corrected chi connectivity index (χ4v) is 7.55. The number of aliphatic carboxylic acids is 1. The maximum atomic E-state index is 13.9. The van der Waals surface area contributed by atoms with E-state index in [1.165, 1.54) is 6.07 Å². The Kier molecular flexibility index (Phi) is 11.1. The number of hydrogen-bond acceptors (Lipinski definition) is 11. The summed E-state index contributed by atoms with van der Waals surface area (Å²) < 4.78 is 52.9. The molecule has 6 rings (SSSR count). The average molecular weight is 726 g/mol. The topological polar surface area (TPSA) is 146 Å². The number of nitrogens with one attached hydrogen (secondary N) is 1. The molecule has 2 N–H and O–H groups in total. The largest absolute Gasteiger partial charge is 0.481 e. The van der Waals surface area contributed by atoms with E-state index in [4.69, 9.17) is 34.5 Å². The van der Waals surface area contributed by atoms with Crippen molar-refractivity contribution < 1.29 is 32.5 Å². The van der Waals surface area contributed by atoms with Gasteiger partial charge in [-0.2, -0.15) is 13.2 Å². The van der Waals surface area contributed by atoms with Gasteiger partial charge in [-0.3, -0.25) is 9.69 Å². The molecule has 0 aromatic carbocycles. The van der Waals surface area contributed by atoms with Crippen LogP contribution >= 0.6 is 0 Å². The van der Waals surface area contributed by atoms with Crippen LogP contribution in [-0.2, 0) is 15.7 Å². The van der Waals surface area contributed by atoms with Gasteiger partial charge in [0.2, 0.25) is 5.88 Å². The van der Waals surface area contributed by atoms with Gasteiger partial charge in [-0.15, -0.1) is 0 Å². The molecule has 0 radical (unpaired) electrons. The Morgan fingerprint density at radius 1 is 1.10 bits per heavy atom. The van der Waals surface area contributed by atoms with E-state index < -0.39 is 17.8 Å². The molecule has 4 aromatic rings. The molecule has 16 heteroatoms. The predicted molar refractivity (Wildman–Crippen MR) is 190 cm³/mol. The van der Waals surface area contributed by atoms with Crippen LogP contribution in [0.15, 0.2) is 30.6 Å². The first kappa shape index (κ1) is 37.2. The van der Waals surface area contributed by atoms with Gasteiger partial charge < -0.3 is 29.4 Å². The number of alkyl halides is 3. The summed E-state index contributed by atoms with van der Waals surface area (Å²) in [5.41, 5.74) is 1.54. The Morgan fingerprint density at radius 2 is 1.88 bits per heavy atom. The number of pyridine rings is 2. The second-order valence-corrected chi connectivity index (χ2v) is 13.9. The number of methoxy groups -OCH3 is 1.